The number of carbonyl (C=O) groups is 2. The van der Waals surface area contributed by atoms with Crippen LogP contribution in [0.15, 0.2) is 30.6 Å². The van der Waals surface area contributed by atoms with Crippen LogP contribution in [-0.2, 0) is 16.1 Å². The molecule has 1 aliphatic heterocycles. The number of aromatic amines is 1. The molecular weight excluding hydrogens is 407 g/mol. The Hall–Kier alpha value is -3.86. The molecule has 0 radical (unpaired) electrons. The van der Waals surface area contributed by atoms with Crippen molar-refractivity contribution in [1.29, 1.82) is 0 Å². The van der Waals surface area contributed by atoms with Crippen molar-refractivity contribution in [2.45, 2.75) is 6.54 Å². The molecule has 0 aliphatic carbocycles. The second-order valence-electron chi connectivity index (χ2n) is 7.12. The molecule has 5 rings (SSSR count). The lowest BCUT2D eigenvalue weighted by Crippen LogP contribution is -2.42. The Morgan fingerprint density at radius 1 is 1.26 bits per heavy atom. The maximum atomic E-state index is 14.0. The van der Waals surface area contributed by atoms with Crippen LogP contribution in [0.2, 0.25) is 0 Å². The molecular formula is C20H17FN6O4. The Bertz CT molecular complexity index is 1320. The molecule has 4 heterocycles. The van der Waals surface area contributed by atoms with E-state index in [0.717, 1.165) is 0 Å². The summed E-state index contributed by atoms with van der Waals surface area (Å²) in [7, 11) is 0. The van der Waals surface area contributed by atoms with E-state index in [1.165, 1.54) is 29.2 Å². The summed E-state index contributed by atoms with van der Waals surface area (Å²) in [6.07, 6.45) is 2.79. The number of nitrogens with zero attached hydrogens (tertiary/aromatic N) is 5. The molecule has 1 saturated heterocycles. The second-order valence-corrected chi connectivity index (χ2v) is 7.12. The van der Waals surface area contributed by atoms with Gasteiger partial charge >= 0.3 is 5.97 Å². The van der Waals surface area contributed by atoms with Crippen molar-refractivity contribution in [2.75, 3.05) is 26.3 Å². The summed E-state index contributed by atoms with van der Waals surface area (Å²) < 4.78 is 20.7. The molecule has 1 amide bonds. The number of fused-ring (bicyclic) bond motifs is 2. The number of halogens is 1. The fraction of sp³-hybridized carbons (Fsp3) is 0.250. The minimum Gasteiger partial charge on any atom is -0.478 e. The number of nitrogens with one attached hydrogen (secondary N) is 1. The first-order chi connectivity index (χ1) is 15.0. The summed E-state index contributed by atoms with van der Waals surface area (Å²) in [5.41, 5.74) is 1.66. The van der Waals surface area contributed by atoms with Gasteiger partial charge in [0.05, 0.1) is 24.9 Å². The number of carbonyl (C=O) groups excluding carboxylic acids is 1. The van der Waals surface area contributed by atoms with Crippen LogP contribution in [0.25, 0.3) is 33.5 Å². The molecule has 1 aliphatic rings. The van der Waals surface area contributed by atoms with Crippen molar-refractivity contribution < 1.29 is 23.8 Å². The van der Waals surface area contributed by atoms with Crippen molar-refractivity contribution in [2.24, 2.45) is 0 Å². The van der Waals surface area contributed by atoms with Crippen LogP contribution in [0, 0.1) is 5.82 Å². The van der Waals surface area contributed by atoms with Crippen molar-refractivity contribution in [3.05, 3.63) is 42.0 Å². The van der Waals surface area contributed by atoms with Gasteiger partial charge in [-0.1, -0.05) is 0 Å². The molecule has 10 nitrogen and oxygen atoms in total. The van der Waals surface area contributed by atoms with Gasteiger partial charge in [-0.3, -0.25) is 9.48 Å². The lowest BCUT2D eigenvalue weighted by Gasteiger charge is -2.26. The first-order valence-corrected chi connectivity index (χ1v) is 9.60. The lowest BCUT2D eigenvalue weighted by molar-refractivity contribution is -0.136. The normalized spacial score (nSPS) is 14.4. The first-order valence-electron chi connectivity index (χ1n) is 9.60. The minimum atomic E-state index is -1.13. The van der Waals surface area contributed by atoms with E-state index in [4.69, 9.17) is 4.74 Å². The maximum absolute atomic E-state index is 14.0. The van der Waals surface area contributed by atoms with E-state index in [-0.39, 0.29) is 23.5 Å². The summed E-state index contributed by atoms with van der Waals surface area (Å²) in [6.45, 7) is 1.87. The number of hydrogen-bond donors (Lipinski definition) is 2. The summed E-state index contributed by atoms with van der Waals surface area (Å²) in [5, 5.41) is 14.5. The van der Waals surface area contributed by atoms with Gasteiger partial charge < -0.3 is 19.7 Å². The van der Waals surface area contributed by atoms with Gasteiger partial charge in [-0.2, -0.15) is 5.10 Å². The molecule has 0 spiro atoms. The van der Waals surface area contributed by atoms with Crippen LogP contribution in [-0.4, -0.2) is 72.9 Å². The maximum Gasteiger partial charge on any atom is 0.339 e. The van der Waals surface area contributed by atoms with Crippen LogP contribution in [0.1, 0.15) is 10.4 Å². The molecule has 0 bridgehead atoms. The Kier molecular flexibility index (Phi) is 4.59. The predicted molar refractivity (Wildman–Crippen MR) is 107 cm³/mol. The molecule has 158 valence electrons. The molecule has 2 N–H and O–H groups in total. The van der Waals surface area contributed by atoms with Crippen LogP contribution >= 0.6 is 0 Å². The smallest absolute Gasteiger partial charge is 0.339 e. The third kappa shape index (κ3) is 3.38. The number of benzene rings is 1. The highest BCUT2D eigenvalue weighted by Gasteiger charge is 2.22. The van der Waals surface area contributed by atoms with E-state index in [1.807, 2.05) is 0 Å². The van der Waals surface area contributed by atoms with Crippen LogP contribution in [0.3, 0.4) is 0 Å². The second kappa shape index (κ2) is 7.43. The summed E-state index contributed by atoms with van der Waals surface area (Å²) in [6, 6.07) is 4.17. The molecule has 0 atom stereocenters. The van der Waals surface area contributed by atoms with Gasteiger partial charge in [0, 0.05) is 24.7 Å². The first kappa shape index (κ1) is 19.1. The monoisotopic (exact) mass is 424 g/mol. The van der Waals surface area contributed by atoms with Gasteiger partial charge in [0.2, 0.25) is 5.91 Å². The molecule has 4 aromatic rings. The van der Waals surface area contributed by atoms with Gasteiger partial charge in [-0.15, -0.1) is 0 Å². The van der Waals surface area contributed by atoms with Crippen molar-refractivity contribution in [1.82, 2.24) is 29.6 Å². The number of H-pyrrole nitrogens is 1. The average molecular weight is 424 g/mol. The number of rotatable bonds is 4. The molecule has 1 aromatic carbocycles. The largest absolute Gasteiger partial charge is 0.478 e. The Morgan fingerprint density at radius 3 is 2.84 bits per heavy atom. The quantitative estimate of drug-likeness (QED) is 0.510. The third-order valence-electron chi connectivity index (χ3n) is 5.22. The van der Waals surface area contributed by atoms with E-state index in [9.17, 15) is 19.1 Å². The van der Waals surface area contributed by atoms with Gasteiger partial charge in [0.15, 0.2) is 5.65 Å². The predicted octanol–water partition coefficient (Wildman–Crippen LogP) is 1.67. The number of ether oxygens (including phenoxy) is 1. The van der Waals surface area contributed by atoms with Crippen LogP contribution in [0.5, 0.6) is 0 Å². The highest BCUT2D eigenvalue weighted by Crippen LogP contribution is 2.28. The highest BCUT2D eigenvalue weighted by molar-refractivity contribution is 6.01. The zero-order chi connectivity index (χ0) is 21.5. The van der Waals surface area contributed by atoms with E-state index in [2.05, 4.69) is 20.1 Å². The van der Waals surface area contributed by atoms with E-state index in [0.29, 0.717) is 54.2 Å². The van der Waals surface area contributed by atoms with E-state index >= 15 is 0 Å². The van der Waals surface area contributed by atoms with E-state index in [1.54, 1.807) is 11.0 Å². The zero-order valence-corrected chi connectivity index (χ0v) is 16.2. The fourth-order valence-electron chi connectivity index (χ4n) is 3.67. The van der Waals surface area contributed by atoms with Gasteiger partial charge in [0.25, 0.3) is 0 Å². The molecule has 31 heavy (non-hydrogen) atoms. The highest BCUT2D eigenvalue weighted by atomic mass is 19.1. The van der Waals surface area contributed by atoms with Crippen molar-refractivity contribution >= 4 is 33.9 Å². The number of morpholine rings is 1. The average Bonchev–Trinajstić information content (AvgIpc) is 3.35. The number of carboxylic acid groups (broad SMARTS) is 1. The number of carboxylic acids is 1. The topological polar surface area (TPSA) is 126 Å². The number of aromatic nitrogens is 5. The molecule has 0 unspecified atom stereocenters. The number of aromatic carboxylic acids is 1. The van der Waals surface area contributed by atoms with Gasteiger partial charge in [-0.05, 0) is 18.2 Å². The van der Waals surface area contributed by atoms with E-state index < -0.39 is 11.8 Å². The van der Waals surface area contributed by atoms with Gasteiger partial charge in [0.1, 0.15) is 34.8 Å². The molecule has 1 fully saturated rings. The molecule has 0 saturated carbocycles. The van der Waals surface area contributed by atoms with Crippen LogP contribution in [0.4, 0.5) is 4.39 Å². The summed E-state index contributed by atoms with van der Waals surface area (Å²) in [5.74, 6) is -1.74. The Morgan fingerprint density at radius 2 is 2.06 bits per heavy atom. The Balaban J connectivity index is 1.59. The fourth-order valence-corrected chi connectivity index (χ4v) is 3.67. The standard InChI is InChI=1S/C20H17FN6O4/c21-11-1-2-12-15(7-11)27(10-16(28)26-3-5-31-6-4-26)25-17(12)14-9-23-19-18(24-14)13(8-22-19)20(29)30/h1-2,7-9H,3-6,10H2,(H,22,23)(H,29,30). The minimum absolute atomic E-state index is 0.0124. The van der Waals surface area contributed by atoms with Gasteiger partial charge in [-0.25, -0.2) is 19.2 Å². The third-order valence-corrected chi connectivity index (χ3v) is 5.22. The van der Waals surface area contributed by atoms with Crippen LogP contribution < -0.4 is 0 Å². The number of hydrogen-bond acceptors (Lipinski definition) is 6. The van der Waals surface area contributed by atoms with Crippen molar-refractivity contribution in [3.8, 4) is 11.4 Å². The SMILES string of the molecule is O=C(O)c1c[nH]c2ncc(-c3nn(CC(=O)N4CCOCC4)c4cc(F)ccc34)nc12. The lowest BCUT2D eigenvalue weighted by atomic mass is 10.1. The zero-order valence-electron chi connectivity index (χ0n) is 16.2. The molecule has 11 heteroatoms. The summed E-state index contributed by atoms with van der Waals surface area (Å²) in [4.78, 5) is 37.3. The molecule has 3 aromatic heterocycles. The van der Waals surface area contributed by atoms with Crippen molar-refractivity contribution in [3.63, 3.8) is 0 Å². The Labute approximate surface area is 174 Å². The number of amides is 1. The summed E-state index contributed by atoms with van der Waals surface area (Å²) >= 11 is 0.